The van der Waals surface area contributed by atoms with E-state index in [0.29, 0.717) is 11.6 Å². The van der Waals surface area contributed by atoms with E-state index in [1.54, 1.807) is 12.1 Å². The van der Waals surface area contributed by atoms with E-state index in [1.165, 1.54) is 6.07 Å². The maximum absolute atomic E-state index is 12.1. The molecule has 0 bridgehead atoms. The second-order valence-corrected chi connectivity index (χ2v) is 6.87. The van der Waals surface area contributed by atoms with Crippen LogP contribution in [0.3, 0.4) is 0 Å². The monoisotopic (exact) mass is 346 g/mol. The van der Waals surface area contributed by atoms with Crippen LogP contribution in [0.1, 0.15) is 43.0 Å². The number of benzene rings is 1. The fourth-order valence-corrected chi connectivity index (χ4v) is 3.12. The maximum Gasteiger partial charge on any atom is 0.293 e. The van der Waals surface area contributed by atoms with Crippen LogP contribution in [-0.4, -0.2) is 29.8 Å². The number of hydrogen-bond donors (Lipinski definition) is 2. The van der Waals surface area contributed by atoms with Gasteiger partial charge in [0.25, 0.3) is 11.6 Å². The fourth-order valence-electron chi connectivity index (χ4n) is 3.12. The zero-order valence-electron chi connectivity index (χ0n) is 14.2. The predicted octanol–water partition coefficient (Wildman–Crippen LogP) is 2.00. The van der Waals surface area contributed by atoms with Crippen LogP contribution in [0.2, 0.25) is 0 Å². The van der Waals surface area contributed by atoms with E-state index in [1.807, 2.05) is 4.90 Å². The van der Waals surface area contributed by atoms with Crippen LogP contribution < -0.4 is 15.8 Å². The third-order valence-electron chi connectivity index (χ3n) is 4.68. The zero-order valence-corrected chi connectivity index (χ0v) is 14.2. The standard InChI is InChI=1S/C17H22N4O4/c1-11-3-2-8-20(10-11)14-7-6-13(9-15(14)21(24)25)17(23)19-18-16(22)12-4-5-12/h6-7,9,11-12H,2-5,8,10H2,1H3,(H,18,22)(H,19,23)/t11-/m1/s1. The number of carbonyl (C=O) groups is 2. The average Bonchev–Trinajstić information content (AvgIpc) is 3.44. The molecule has 1 heterocycles. The first-order valence-corrected chi connectivity index (χ1v) is 8.59. The molecule has 0 radical (unpaired) electrons. The van der Waals surface area contributed by atoms with Crippen molar-refractivity contribution in [3.63, 3.8) is 0 Å². The second kappa shape index (κ2) is 7.08. The summed E-state index contributed by atoms with van der Waals surface area (Å²) < 4.78 is 0. The number of nitrogens with zero attached hydrogens (tertiary/aromatic N) is 2. The number of rotatable bonds is 4. The molecule has 1 atom stereocenters. The minimum atomic E-state index is -0.560. The van der Waals surface area contributed by atoms with E-state index in [9.17, 15) is 19.7 Å². The number of nitro groups is 1. The van der Waals surface area contributed by atoms with E-state index in [2.05, 4.69) is 17.8 Å². The van der Waals surface area contributed by atoms with Crippen LogP contribution in [0.4, 0.5) is 11.4 Å². The fraction of sp³-hybridized carbons (Fsp3) is 0.529. The number of nitrogens with one attached hydrogen (secondary N) is 2. The highest BCUT2D eigenvalue weighted by molar-refractivity contribution is 5.97. The number of carbonyl (C=O) groups excluding carboxylic acids is 2. The molecule has 1 aromatic rings. The van der Waals surface area contributed by atoms with Crippen molar-refractivity contribution in [2.75, 3.05) is 18.0 Å². The van der Waals surface area contributed by atoms with Crippen molar-refractivity contribution in [3.05, 3.63) is 33.9 Å². The summed E-state index contributed by atoms with van der Waals surface area (Å²) in [5, 5.41) is 11.5. The SMILES string of the molecule is C[C@@H]1CCCN(c2ccc(C(=O)NNC(=O)C3CC3)cc2[N+](=O)[O-])C1. The van der Waals surface area contributed by atoms with Crippen LogP contribution in [-0.2, 0) is 4.79 Å². The van der Waals surface area contributed by atoms with Gasteiger partial charge >= 0.3 is 0 Å². The highest BCUT2D eigenvalue weighted by Crippen LogP contribution is 2.32. The zero-order chi connectivity index (χ0) is 18.0. The molecule has 1 aliphatic heterocycles. The Bertz CT molecular complexity index is 702. The predicted molar refractivity (Wildman–Crippen MR) is 92.0 cm³/mol. The van der Waals surface area contributed by atoms with Crippen molar-refractivity contribution in [3.8, 4) is 0 Å². The molecule has 0 spiro atoms. The molecule has 25 heavy (non-hydrogen) atoms. The van der Waals surface area contributed by atoms with Crippen molar-refractivity contribution >= 4 is 23.2 Å². The molecule has 0 aromatic heterocycles. The van der Waals surface area contributed by atoms with Gasteiger partial charge < -0.3 is 4.90 Å². The molecule has 3 rings (SSSR count). The second-order valence-electron chi connectivity index (χ2n) is 6.87. The Morgan fingerprint density at radius 1 is 1.24 bits per heavy atom. The lowest BCUT2D eigenvalue weighted by atomic mass is 9.99. The summed E-state index contributed by atoms with van der Waals surface area (Å²) in [6.45, 7) is 3.67. The van der Waals surface area contributed by atoms with E-state index < -0.39 is 10.8 Å². The van der Waals surface area contributed by atoms with Gasteiger partial charge in [-0.05, 0) is 43.7 Å². The normalized spacial score (nSPS) is 20.0. The number of piperidine rings is 1. The summed E-state index contributed by atoms with van der Waals surface area (Å²) in [5.41, 5.74) is 5.27. The minimum Gasteiger partial charge on any atom is -0.366 e. The first-order valence-electron chi connectivity index (χ1n) is 8.59. The molecular formula is C17H22N4O4. The smallest absolute Gasteiger partial charge is 0.293 e. The van der Waals surface area contributed by atoms with Crippen molar-refractivity contribution in [1.82, 2.24) is 10.9 Å². The average molecular weight is 346 g/mol. The van der Waals surface area contributed by atoms with E-state index in [0.717, 1.165) is 38.8 Å². The number of anilines is 1. The molecule has 1 aromatic carbocycles. The lowest BCUT2D eigenvalue weighted by molar-refractivity contribution is -0.384. The molecule has 2 fully saturated rings. The third kappa shape index (κ3) is 4.07. The maximum atomic E-state index is 12.1. The highest BCUT2D eigenvalue weighted by Gasteiger charge is 2.30. The van der Waals surface area contributed by atoms with Gasteiger partial charge in [0.15, 0.2) is 0 Å². The van der Waals surface area contributed by atoms with Crippen LogP contribution in [0.5, 0.6) is 0 Å². The Morgan fingerprint density at radius 3 is 2.64 bits per heavy atom. The highest BCUT2D eigenvalue weighted by atomic mass is 16.6. The summed E-state index contributed by atoms with van der Waals surface area (Å²) in [5.74, 6) is -0.329. The summed E-state index contributed by atoms with van der Waals surface area (Å²) >= 11 is 0. The van der Waals surface area contributed by atoms with Crippen LogP contribution in [0, 0.1) is 22.0 Å². The van der Waals surface area contributed by atoms with Crippen molar-refractivity contribution in [2.24, 2.45) is 11.8 Å². The van der Waals surface area contributed by atoms with Crippen LogP contribution in [0.15, 0.2) is 18.2 Å². The molecule has 1 saturated carbocycles. The first-order chi connectivity index (χ1) is 12.0. The summed E-state index contributed by atoms with van der Waals surface area (Å²) in [6.07, 6.45) is 3.77. The van der Waals surface area contributed by atoms with Crippen molar-refractivity contribution in [2.45, 2.75) is 32.6 Å². The molecule has 1 saturated heterocycles. The summed E-state index contributed by atoms with van der Waals surface area (Å²) in [4.78, 5) is 36.7. The first kappa shape index (κ1) is 17.2. The quantitative estimate of drug-likeness (QED) is 0.641. The van der Waals surface area contributed by atoms with E-state index in [-0.39, 0.29) is 23.1 Å². The molecular weight excluding hydrogens is 324 g/mol. The Balaban J connectivity index is 1.74. The summed E-state index contributed by atoms with van der Waals surface area (Å²) in [6, 6.07) is 4.45. The van der Waals surface area contributed by atoms with Gasteiger partial charge in [-0.3, -0.25) is 30.6 Å². The van der Waals surface area contributed by atoms with E-state index in [4.69, 9.17) is 0 Å². The van der Waals surface area contributed by atoms with Crippen LogP contribution >= 0.6 is 0 Å². The van der Waals surface area contributed by atoms with Gasteiger partial charge in [0, 0.05) is 30.6 Å². The van der Waals surface area contributed by atoms with Gasteiger partial charge in [-0.2, -0.15) is 0 Å². The molecule has 0 unspecified atom stereocenters. The summed E-state index contributed by atoms with van der Waals surface area (Å²) in [7, 11) is 0. The van der Waals surface area contributed by atoms with Gasteiger partial charge in [-0.15, -0.1) is 0 Å². The number of amides is 2. The Labute approximate surface area is 145 Å². The van der Waals surface area contributed by atoms with Gasteiger partial charge in [0.2, 0.25) is 5.91 Å². The molecule has 2 amide bonds. The van der Waals surface area contributed by atoms with Gasteiger partial charge in [-0.25, -0.2) is 0 Å². The third-order valence-corrected chi connectivity index (χ3v) is 4.68. The number of nitro benzene ring substituents is 1. The van der Waals surface area contributed by atoms with Gasteiger partial charge in [0.05, 0.1) is 4.92 Å². The lowest BCUT2D eigenvalue weighted by Gasteiger charge is -2.32. The lowest BCUT2D eigenvalue weighted by Crippen LogP contribution is -2.42. The van der Waals surface area contributed by atoms with Gasteiger partial charge in [-0.1, -0.05) is 6.92 Å². The van der Waals surface area contributed by atoms with Gasteiger partial charge in [0.1, 0.15) is 5.69 Å². The molecule has 1 aliphatic carbocycles. The topological polar surface area (TPSA) is 105 Å². The van der Waals surface area contributed by atoms with Crippen molar-refractivity contribution in [1.29, 1.82) is 0 Å². The molecule has 134 valence electrons. The Morgan fingerprint density at radius 2 is 2.00 bits per heavy atom. The number of hydrogen-bond acceptors (Lipinski definition) is 5. The Kier molecular flexibility index (Phi) is 4.87. The number of hydrazine groups is 1. The molecule has 8 nitrogen and oxygen atoms in total. The Hall–Kier alpha value is -2.64. The molecule has 8 heteroatoms. The molecule has 2 aliphatic rings. The minimum absolute atomic E-state index is 0.0295. The van der Waals surface area contributed by atoms with E-state index >= 15 is 0 Å². The molecule has 2 N–H and O–H groups in total. The van der Waals surface area contributed by atoms with Crippen LogP contribution in [0.25, 0.3) is 0 Å². The largest absolute Gasteiger partial charge is 0.366 e. The van der Waals surface area contributed by atoms with Crippen molar-refractivity contribution < 1.29 is 14.5 Å².